The van der Waals surface area contributed by atoms with Crippen LogP contribution in [0.25, 0.3) is 0 Å². The number of nitrogens with zero attached hydrogens (tertiary/aromatic N) is 3. The summed E-state index contributed by atoms with van der Waals surface area (Å²) >= 11 is 0. The minimum absolute atomic E-state index is 0.0207. The molecule has 1 aromatic heterocycles. The van der Waals surface area contributed by atoms with Gasteiger partial charge in [0.25, 0.3) is 15.9 Å². The standard InChI is InChI=1S/C22H29N3O5S/c1-15(2)31(27,28)24-19-6-4-12-25-20(19)13-29-17-9-7-16(8-10-17)18-5-3-11-23-22(18)30-14-21(25)26/h3,5,11,13,15-17H,4,6-10,12,14H2,1-2H3/b20-13-,24-19+. The molecule has 2 bridgehead atoms. The normalized spacial score (nSPS) is 27.7. The molecule has 31 heavy (non-hydrogen) atoms. The van der Waals surface area contributed by atoms with Crippen LogP contribution < -0.4 is 4.74 Å². The predicted molar refractivity (Wildman–Crippen MR) is 116 cm³/mol. The number of rotatable bonds is 2. The van der Waals surface area contributed by atoms with Crippen molar-refractivity contribution in [1.82, 2.24) is 9.88 Å². The van der Waals surface area contributed by atoms with E-state index in [9.17, 15) is 13.2 Å². The predicted octanol–water partition coefficient (Wildman–Crippen LogP) is 3.16. The zero-order chi connectivity index (χ0) is 22.0. The topological polar surface area (TPSA) is 98.2 Å². The average Bonchev–Trinajstić information content (AvgIpc) is 2.77. The van der Waals surface area contributed by atoms with Crippen molar-refractivity contribution in [3.05, 3.63) is 35.9 Å². The summed E-state index contributed by atoms with van der Waals surface area (Å²) in [6, 6.07) is 3.91. The number of piperidine rings is 1. The molecule has 1 amide bonds. The summed E-state index contributed by atoms with van der Waals surface area (Å²) in [5.74, 6) is 0.550. The molecule has 5 rings (SSSR count). The van der Waals surface area contributed by atoms with Gasteiger partial charge in [-0.2, -0.15) is 4.40 Å². The summed E-state index contributed by atoms with van der Waals surface area (Å²) in [5.41, 5.74) is 1.83. The van der Waals surface area contributed by atoms with Crippen molar-refractivity contribution >= 4 is 21.6 Å². The highest BCUT2D eigenvalue weighted by Crippen LogP contribution is 2.38. The highest BCUT2D eigenvalue weighted by atomic mass is 32.2. The Kier molecular flexibility index (Phi) is 6.31. The summed E-state index contributed by atoms with van der Waals surface area (Å²) in [5, 5.41) is -0.636. The van der Waals surface area contributed by atoms with Gasteiger partial charge in [-0.15, -0.1) is 0 Å². The number of carbonyl (C=O) groups is 1. The number of allylic oxidation sites excluding steroid dienone is 1. The van der Waals surface area contributed by atoms with Gasteiger partial charge in [0, 0.05) is 18.3 Å². The Balaban J connectivity index is 1.70. The quantitative estimate of drug-likeness (QED) is 0.691. The van der Waals surface area contributed by atoms with Crippen molar-refractivity contribution in [3.8, 4) is 5.88 Å². The Morgan fingerprint density at radius 2 is 2.00 bits per heavy atom. The third-order valence-corrected chi connectivity index (χ3v) is 7.80. The fraction of sp³-hybridized carbons (Fsp3) is 0.591. The van der Waals surface area contributed by atoms with Crippen LogP contribution in [-0.2, 0) is 19.6 Å². The van der Waals surface area contributed by atoms with Crippen LogP contribution >= 0.6 is 0 Å². The molecule has 0 N–H and O–H groups in total. The molecule has 4 aliphatic rings. The van der Waals surface area contributed by atoms with Gasteiger partial charge in [0.15, 0.2) is 6.61 Å². The van der Waals surface area contributed by atoms with Gasteiger partial charge in [-0.05, 0) is 64.4 Å². The monoisotopic (exact) mass is 447 g/mol. The first-order valence-electron chi connectivity index (χ1n) is 10.9. The molecule has 0 radical (unpaired) electrons. The minimum atomic E-state index is -3.66. The van der Waals surface area contributed by atoms with Gasteiger partial charge in [0.05, 0.1) is 17.1 Å². The van der Waals surface area contributed by atoms with E-state index in [1.165, 1.54) is 4.90 Å². The van der Waals surface area contributed by atoms with Crippen LogP contribution in [0.15, 0.2) is 34.7 Å². The van der Waals surface area contributed by atoms with Gasteiger partial charge in [-0.25, -0.2) is 13.4 Å². The number of hydrogen-bond acceptors (Lipinski definition) is 6. The number of hydrogen-bond donors (Lipinski definition) is 0. The van der Waals surface area contributed by atoms with E-state index in [0.29, 0.717) is 42.6 Å². The number of ether oxygens (including phenoxy) is 2. The number of carbonyl (C=O) groups excluding carboxylic acids is 1. The van der Waals surface area contributed by atoms with Crippen molar-refractivity contribution in [2.75, 3.05) is 13.2 Å². The molecule has 2 fully saturated rings. The molecule has 0 spiro atoms. The van der Waals surface area contributed by atoms with Crippen LogP contribution in [0.3, 0.4) is 0 Å². The first-order chi connectivity index (χ1) is 14.8. The molecule has 1 aliphatic carbocycles. The van der Waals surface area contributed by atoms with Crippen LogP contribution in [0.4, 0.5) is 0 Å². The molecular formula is C22H29N3O5S. The number of fused-ring (bicyclic) bond motifs is 5. The number of amides is 1. The van der Waals surface area contributed by atoms with E-state index < -0.39 is 15.3 Å². The van der Waals surface area contributed by atoms with Gasteiger partial charge < -0.3 is 14.4 Å². The number of aromatic nitrogens is 1. The maximum atomic E-state index is 13.1. The molecule has 4 heterocycles. The summed E-state index contributed by atoms with van der Waals surface area (Å²) in [6.45, 7) is 3.47. The lowest BCUT2D eigenvalue weighted by Crippen LogP contribution is -2.41. The van der Waals surface area contributed by atoms with E-state index in [1.807, 2.05) is 12.1 Å². The molecule has 0 atom stereocenters. The lowest BCUT2D eigenvalue weighted by Gasteiger charge is -2.31. The summed E-state index contributed by atoms with van der Waals surface area (Å²) in [4.78, 5) is 19.0. The highest BCUT2D eigenvalue weighted by Gasteiger charge is 2.32. The van der Waals surface area contributed by atoms with E-state index >= 15 is 0 Å². The lowest BCUT2D eigenvalue weighted by molar-refractivity contribution is -0.131. The SMILES string of the molecule is CC(C)S(=O)(=O)/N=C1CCCN2C(=O)COc3ncccc3C3CCC(CC3)O\C=C\12. The first kappa shape index (κ1) is 21.8. The molecule has 1 saturated carbocycles. The van der Waals surface area contributed by atoms with Crippen LogP contribution in [0, 0.1) is 0 Å². The fourth-order valence-corrected chi connectivity index (χ4v) is 4.97. The minimum Gasteiger partial charge on any atom is -0.496 e. The number of pyridine rings is 1. The number of sulfonamides is 1. The van der Waals surface area contributed by atoms with Gasteiger partial charge in [-0.3, -0.25) is 4.79 Å². The van der Waals surface area contributed by atoms with Crippen LogP contribution in [-0.4, -0.2) is 54.4 Å². The van der Waals surface area contributed by atoms with E-state index in [-0.39, 0.29) is 18.6 Å². The Hall–Kier alpha value is -2.42. The smallest absolute Gasteiger partial charge is 0.265 e. The molecular weight excluding hydrogens is 418 g/mol. The molecule has 168 valence electrons. The Morgan fingerprint density at radius 3 is 2.74 bits per heavy atom. The van der Waals surface area contributed by atoms with Crippen LogP contribution in [0.1, 0.15) is 63.9 Å². The van der Waals surface area contributed by atoms with Crippen molar-refractivity contribution in [2.24, 2.45) is 4.40 Å². The Labute approximate surface area is 183 Å². The second-order valence-electron chi connectivity index (χ2n) is 8.55. The molecule has 1 saturated heterocycles. The van der Waals surface area contributed by atoms with Crippen molar-refractivity contribution in [1.29, 1.82) is 0 Å². The van der Waals surface area contributed by atoms with E-state index in [0.717, 1.165) is 31.2 Å². The fourth-order valence-electron chi connectivity index (χ4n) is 4.26. The maximum absolute atomic E-state index is 13.1. The summed E-state index contributed by atoms with van der Waals surface area (Å²) in [6.07, 6.45) is 7.95. The van der Waals surface area contributed by atoms with E-state index in [2.05, 4.69) is 9.38 Å². The molecule has 1 aromatic rings. The zero-order valence-corrected chi connectivity index (χ0v) is 18.8. The first-order valence-corrected chi connectivity index (χ1v) is 12.4. The second kappa shape index (κ2) is 8.98. The third-order valence-electron chi connectivity index (χ3n) is 6.14. The van der Waals surface area contributed by atoms with Gasteiger partial charge in [-0.1, -0.05) is 6.07 Å². The van der Waals surface area contributed by atoms with Gasteiger partial charge >= 0.3 is 0 Å². The van der Waals surface area contributed by atoms with Crippen molar-refractivity contribution in [3.63, 3.8) is 0 Å². The molecule has 3 aliphatic heterocycles. The Bertz CT molecular complexity index is 994. The third kappa shape index (κ3) is 4.76. The Morgan fingerprint density at radius 1 is 1.23 bits per heavy atom. The molecule has 8 nitrogen and oxygen atoms in total. The maximum Gasteiger partial charge on any atom is 0.265 e. The average molecular weight is 448 g/mol. The van der Waals surface area contributed by atoms with Crippen LogP contribution in [0.2, 0.25) is 0 Å². The summed E-state index contributed by atoms with van der Waals surface area (Å²) in [7, 11) is -3.66. The highest BCUT2D eigenvalue weighted by molar-refractivity contribution is 7.90. The van der Waals surface area contributed by atoms with E-state index in [4.69, 9.17) is 9.47 Å². The summed E-state index contributed by atoms with van der Waals surface area (Å²) < 4.78 is 40.9. The molecule has 0 unspecified atom stereocenters. The lowest BCUT2D eigenvalue weighted by atomic mass is 9.83. The van der Waals surface area contributed by atoms with Crippen LogP contribution in [0.5, 0.6) is 5.88 Å². The zero-order valence-electron chi connectivity index (χ0n) is 18.0. The van der Waals surface area contributed by atoms with Gasteiger partial charge in [0.1, 0.15) is 12.0 Å². The second-order valence-corrected chi connectivity index (χ2v) is 10.7. The largest absolute Gasteiger partial charge is 0.496 e. The van der Waals surface area contributed by atoms with E-state index in [1.54, 1.807) is 26.3 Å². The molecule has 9 heteroatoms. The van der Waals surface area contributed by atoms with Gasteiger partial charge in [0.2, 0.25) is 5.88 Å². The molecule has 0 aromatic carbocycles. The van der Waals surface area contributed by atoms with Crippen molar-refractivity contribution in [2.45, 2.75) is 69.6 Å². The van der Waals surface area contributed by atoms with Crippen molar-refractivity contribution < 1.29 is 22.7 Å².